The molecule has 1 aromatic heterocycles. The Labute approximate surface area is 59.3 Å². The highest BCUT2D eigenvalue weighted by atomic mass is 16.4. The third-order valence-corrected chi connectivity index (χ3v) is 1.29. The van der Waals surface area contributed by atoms with E-state index in [1.54, 1.807) is 17.0 Å². The van der Waals surface area contributed by atoms with Crippen LogP contribution in [0, 0.1) is 0 Å². The van der Waals surface area contributed by atoms with Gasteiger partial charge in [-0.1, -0.05) is 0 Å². The maximum absolute atomic E-state index is 8.55. The number of hydrogen-bond acceptors (Lipinski definition) is 3. The molecule has 0 unspecified atom stereocenters. The monoisotopic (exact) mass is 140 g/mol. The van der Waals surface area contributed by atoms with Crippen molar-refractivity contribution in [2.75, 3.05) is 0 Å². The van der Waals surface area contributed by atoms with E-state index in [1.165, 1.54) is 0 Å². The minimum atomic E-state index is -1.30. The molecule has 4 nitrogen and oxygen atoms in total. The molecule has 0 saturated carbocycles. The summed E-state index contributed by atoms with van der Waals surface area (Å²) in [5, 5.41) is 17.1. The molecule has 0 radical (unpaired) electrons. The van der Waals surface area contributed by atoms with Crippen LogP contribution in [0.15, 0.2) is 12.4 Å². The van der Waals surface area contributed by atoms with Gasteiger partial charge in [0, 0.05) is 25.8 Å². The molecule has 10 heavy (non-hydrogen) atoms. The van der Waals surface area contributed by atoms with Crippen molar-refractivity contribution >= 4 is 7.12 Å². The average molecular weight is 140 g/mol. The fourth-order valence-corrected chi connectivity index (χ4v) is 0.756. The summed E-state index contributed by atoms with van der Waals surface area (Å²) in [6, 6.07) is 0. The van der Waals surface area contributed by atoms with Gasteiger partial charge in [-0.2, -0.15) is 0 Å². The van der Waals surface area contributed by atoms with E-state index in [9.17, 15) is 0 Å². The van der Waals surface area contributed by atoms with E-state index in [-0.39, 0.29) is 6.32 Å². The largest absolute Gasteiger partial charge is 0.459 e. The van der Waals surface area contributed by atoms with Gasteiger partial charge in [0.25, 0.3) is 0 Å². The Morgan fingerprint density at radius 2 is 2.40 bits per heavy atom. The summed E-state index contributed by atoms with van der Waals surface area (Å²) in [5.41, 5.74) is 0. The molecule has 2 N–H and O–H groups in total. The quantitative estimate of drug-likeness (QED) is 0.516. The van der Waals surface area contributed by atoms with Crippen molar-refractivity contribution in [2.24, 2.45) is 7.05 Å². The molecule has 0 aromatic carbocycles. The highest BCUT2D eigenvalue weighted by Gasteiger charge is 2.10. The Kier molecular flexibility index (Phi) is 2.08. The van der Waals surface area contributed by atoms with E-state index < -0.39 is 7.12 Å². The molecule has 0 spiro atoms. The van der Waals surface area contributed by atoms with Gasteiger partial charge in [0.05, 0.1) is 0 Å². The second-order valence-corrected chi connectivity index (χ2v) is 2.14. The normalized spacial score (nSPS) is 9.90. The first-order valence-electron chi connectivity index (χ1n) is 3.02. The third-order valence-electron chi connectivity index (χ3n) is 1.29. The van der Waals surface area contributed by atoms with Gasteiger partial charge in [-0.15, -0.1) is 0 Å². The Hall–Kier alpha value is -0.805. The van der Waals surface area contributed by atoms with Gasteiger partial charge in [-0.3, -0.25) is 0 Å². The Balaban J connectivity index is 2.65. The lowest BCUT2D eigenvalue weighted by molar-refractivity contribution is 0.402. The number of aromatic nitrogens is 2. The molecule has 0 atom stereocenters. The van der Waals surface area contributed by atoms with E-state index in [1.807, 2.05) is 7.05 Å². The molecule has 0 saturated heterocycles. The molecule has 0 fully saturated rings. The lowest BCUT2D eigenvalue weighted by Crippen LogP contribution is -2.17. The zero-order chi connectivity index (χ0) is 7.56. The Bertz CT molecular complexity index is 211. The summed E-state index contributed by atoms with van der Waals surface area (Å²) < 4.78 is 1.75. The number of rotatable bonds is 2. The summed E-state index contributed by atoms with van der Waals surface area (Å²) in [4.78, 5) is 3.90. The van der Waals surface area contributed by atoms with Crippen molar-refractivity contribution in [1.82, 2.24) is 9.55 Å². The van der Waals surface area contributed by atoms with Crippen molar-refractivity contribution < 1.29 is 10.0 Å². The number of aryl methyl sites for hydroxylation is 1. The smallest absolute Gasteiger partial charge is 0.427 e. The Morgan fingerprint density at radius 1 is 1.70 bits per heavy atom. The van der Waals surface area contributed by atoms with Gasteiger partial charge >= 0.3 is 7.12 Å². The topological polar surface area (TPSA) is 58.3 Å². The maximum Gasteiger partial charge on any atom is 0.459 e. The molecule has 1 aromatic rings. The van der Waals surface area contributed by atoms with Crippen LogP contribution in [-0.4, -0.2) is 26.7 Å². The first-order valence-corrected chi connectivity index (χ1v) is 3.02. The highest BCUT2D eigenvalue weighted by molar-refractivity contribution is 6.40. The molecule has 54 valence electrons. The summed E-state index contributed by atoms with van der Waals surface area (Å²) in [6.45, 7) is 0. The molecule has 0 aliphatic carbocycles. The van der Waals surface area contributed by atoms with E-state index >= 15 is 0 Å². The molecular weight excluding hydrogens is 131 g/mol. The molecular formula is C5H9BN2O2. The number of imidazole rings is 1. The summed E-state index contributed by atoms with van der Waals surface area (Å²) in [6.07, 6.45) is 3.57. The van der Waals surface area contributed by atoms with Crippen LogP contribution < -0.4 is 0 Å². The molecule has 0 aliphatic heterocycles. The van der Waals surface area contributed by atoms with Gasteiger partial charge in [-0.25, -0.2) is 4.98 Å². The van der Waals surface area contributed by atoms with Crippen LogP contribution in [0.3, 0.4) is 0 Å². The van der Waals surface area contributed by atoms with Gasteiger partial charge in [0.15, 0.2) is 0 Å². The first-order chi connectivity index (χ1) is 4.70. The maximum atomic E-state index is 8.55. The standard InChI is InChI=1S/C5H9BN2O2/c1-8-3-2-7-5(8)4-6(9)10/h2-3,9-10H,4H2,1H3. The lowest BCUT2D eigenvalue weighted by atomic mass is 9.86. The van der Waals surface area contributed by atoms with Crippen LogP contribution >= 0.6 is 0 Å². The van der Waals surface area contributed by atoms with Crippen LogP contribution in [0.1, 0.15) is 5.82 Å². The van der Waals surface area contributed by atoms with Crippen LogP contribution in [0.2, 0.25) is 0 Å². The SMILES string of the molecule is Cn1ccnc1CB(O)O. The predicted octanol–water partition coefficient (Wildman–Crippen LogP) is -1.03. The molecule has 1 rings (SSSR count). The van der Waals surface area contributed by atoms with Crippen molar-refractivity contribution in [3.8, 4) is 0 Å². The molecule has 0 bridgehead atoms. The van der Waals surface area contributed by atoms with E-state index in [0.29, 0.717) is 5.82 Å². The fourth-order valence-electron chi connectivity index (χ4n) is 0.756. The zero-order valence-corrected chi connectivity index (χ0v) is 5.73. The van der Waals surface area contributed by atoms with Gasteiger partial charge < -0.3 is 14.6 Å². The minimum Gasteiger partial charge on any atom is -0.427 e. The van der Waals surface area contributed by atoms with Gasteiger partial charge in [-0.05, 0) is 0 Å². The fraction of sp³-hybridized carbons (Fsp3) is 0.400. The number of nitrogens with zero attached hydrogens (tertiary/aromatic N) is 2. The molecule has 5 heteroatoms. The third kappa shape index (κ3) is 1.59. The summed E-state index contributed by atoms with van der Waals surface area (Å²) in [5.74, 6) is 0.676. The second kappa shape index (κ2) is 2.85. The summed E-state index contributed by atoms with van der Waals surface area (Å²) in [7, 11) is 0.506. The second-order valence-electron chi connectivity index (χ2n) is 2.14. The van der Waals surface area contributed by atoms with E-state index in [2.05, 4.69) is 4.98 Å². The van der Waals surface area contributed by atoms with Crippen LogP contribution in [0.25, 0.3) is 0 Å². The van der Waals surface area contributed by atoms with Gasteiger partial charge in [0.1, 0.15) is 5.82 Å². The first kappa shape index (κ1) is 7.30. The molecule has 1 heterocycles. The van der Waals surface area contributed by atoms with Gasteiger partial charge in [0.2, 0.25) is 0 Å². The molecule has 0 amide bonds. The zero-order valence-electron chi connectivity index (χ0n) is 5.73. The van der Waals surface area contributed by atoms with E-state index in [4.69, 9.17) is 10.0 Å². The van der Waals surface area contributed by atoms with Crippen LogP contribution in [0.5, 0.6) is 0 Å². The lowest BCUT2D eigenvalue weighted by Gasteiger charge is -1.98. The minimum absolute atomic E-state index is 0.184. The van der Waals surface area contributed by atoms with Crippen molar-refractivity contribution in [3.05, 3.63) is 18.2 Å². The van der Waals surface area contributed by atoms with Crippen molar-refractivity contribution in [1.29, 1.82) is 0 Å². The van der Waals surface area contributed by atoms with Crippen LogP contribution in [0.4, 0.5) is 0 Å². The van der Waals surface area contributed by atoms with Crippen molar-refractivity contribution in [2.45, 2.75) is 6.32 Å². The highest BCUT2D eigenvalue weighted by Crippen LogP contribution is 1.94. The van der Waals surface area contributed by atoms with E-state index in [0.717, 1.165) is 0 Å². The summed E-state index contributed by atoms with van der Waals surface area (Å²) >= 11 is 0. The Morgan fingerprint density at radius 3 is 2.80 bits per heavy atom. The molecule has 0 aliphatic rings. The average Bonchev–Trinajstić information content (AvgIpc) is 2.15. The van der Waals surface area contributed by atoms with Crippen LogP contribution in [-0.2, 0) is 13.4 Å². The number of hydrogen-bond donors (Lipinski definition) is 2. The predicted molar refractivity (Wildman–Crippen MR) is 37.1 cm³/mol. The van der Waals surface area contributed by atoms with Crippen molar-refractivity contribution in [3.63, 3.8) is 0 Å².